The summed E-state index contributed by atoms with van der Waals surface area (Å²) in [6.07, 6.45) is -0.0760. The van der Waals surface area contributed by atoms with E-state index in [4.69, 9.17) is 16.3 Å². The van der Waals surface area contributed by atoms with Crippen LogP contribution in [0.25, 0.3) is 0 Å². The van der Waals surface area contributed by atoms with Gasteiger partial charge in [0.15, 0.2) is 4.75 Å². The molecule has 2 saturated heterocycles. The number of sulfonamides is 1. The number of anilines is 1. The number of nitrogens with zero attached hydrogens (tertiary/aromatic N) is 3. The van der Waals surface area contributed by atoms with Crippen molar-refractivity contribution in [2.75, 3.05) is 44.4 Å². The molecule has 0 aromatic heterocycles. The highest BCUT2D eigenvalue weighted by Crippen LogP contribution is 2.34. The minimum atomic E-state index is -4.08. The molecule has 0 saturated carbocycles. The summed E-state index contributed by atoms with van der Waals surface area (Å²) in [5, 5.41) is 10.7. The maximum Gasteiger partial charge on any atom is 0.286 e. The normalized spacial score (nSPS) is 24.3. The second-order valence-electron chi connectivity index (χ2n) is 8.46. The average molecular weight is 514 g/mol. The fraction of sp³-hybridized carbons (Fsp3) is 0.524. The monoisotopic (exact) mass is 513 g/mol. The van der Waals surface area contributed by atoms with Crippen molar-refractivity contribution in [2.24, 2.45) is 0 Å². The van der Waals surface area contributed by atoms with Gasteiger partial charge in [-0.2, -0.15) is 4.31 Å². The molecule has 0 radical (unpaired) electrons. The van der Waals surface area contributed by atoms with Crippen LogP contribution >= 0.6 is 11.6 Å². The molecule has 0 bridgehead atoms. The maximum absolute atomic E-state index is 13.5. The largest absolute Gasteiger partial charge is 0.381 e. The van der Waals surface area contributed by atoms with Crippen molar-refractivity contribution < 1.29 is 28.0 Å². The highest BCUT2D eigenvalue weighted by atomic mass is 35.5. The molecular formula is C21H28ClN5O6S. The molecule has 1 aromatic carbocycles. The molecule has 34 heavy (non-hydrogen) atoms. The Hall–Kier alpha value is -2.22. The Labute approximate surface area is 203 Å². The van der Waals surface area contributed by atoms with Crippen LogP contribution in [0.4, 0.5) is 5.69 Å². The lowest BCUT2D eigenvalue weighted by molar-refractivity contribution is -0.134. The zero-order valence-electron chi connectivity index (χ0n) is 18.7. The number of hydrogen-bond donors (Lipinski definition) is 3. The van der Waals surface area contributed by atoms with E-state index in [-0.39, 0.29) is 50.2 Å². The van der Waals surface area contributed by atoms with Gasteiger partial charge in [0.05, 0.1) is 17.4 Å². The number of piperazine rings is 1. The van der Waals surface area contributed by atoms with Crippen LogP contribution in [-0.4, -0.2) is 84.8 Å². The first-order valence-corrected chi connectivity index (χ1v) is 12.9. The highest BCUT2D eigenvalue weighted by Gasteiger charge is 2.54. The van der Waals surface area contributed by atoms with Crippen molar-refractivity contribution in [1.29, 1.82) is 0 Å². The van der Waals surface area contributed by atoms with E-state index in [2.05, 4.69) is 5.43 Å². The van der Waals surface area contributed by atoms with Crippen molar-refractivity contribution >= 4 is 39.1 Å². The van der Waals surface area contributed by atoms with E-state index in [0.29, 0.717) is 24.5 Å². The third-order valence-corrected chi connectivity index (χ3v) is 9.57. The third kappa shape index (κ3) is 4.18. The molecule has 3 aliphatic heterocycles. The maximum atomic E-state index is 13.5. The molecule has 1 aromatic rings. The Morgan fingerprint density at radius 2 is 1.79 bits per heavy atom. The van der Waals surface area contributed by atoms with Crippen molar-refractivity contribution in [1.82, 2.24) is 20.1 Å². The zero-order chi connectivity index (χ0) is 24.5. The molecule has 1 atom stereocenters. The first kappa shape index (κ1) is 24.9. The van der Waals surface area contributed by atoms with Gasteiger partial charge in [-0.25, -0.2) is 24.3 Å². The number of hydrazine groups is 1. The number of carbonyl (C=O) groups excluding carboxylic acids is 2. The number of ether oxygens (including phenoxy) is 1. The fourth-order valence-electron chi connectivity index (χ4n) is 4.71. The Kier molecular flexibility index (Phi) is 7.17. The molecule has 2 fully saturated rings. The smallest absolute Gasteiger partial charge is 0.286 e. The van der Waals surface area contributed by atoms with Gasteiger partial charge in [0.25, 0.3) is 11.8 Å². The number of halogens is 1. The average Bonchev–Trinajstić information content (AvgIpc) is 2.87. The number of carbonyl (C=O) groups is 2. The molecule has 1 unspecified atom stereocenters. The Morgan fingerprint density at radius 3 is 2.38 bits per heavy atom. The van der Waals surface area contributed by atoms with Crippen LogP contribution in [-0.2, 0) is 24.3 Å². The predicted octanol–water partition coefficient (Wildman–Crippen LogP) is 0.379. The summed E-state index contributed by atoms with van der Waals surface area (Å²) in [6, 6.07) is 8.80. The first-order valence-electron chi connectivity index (χ1n) is 11.1. The molecule has 11 nitrogen and oxygen atoms in total. The van der Waals surface area contributed by atoms with Gasteiger partial charge in [-0.3, -0.25) is 14.8 Å². The van der Waals surface area contributed by atoms with Gasteiger partial charge in [0.1, 0.15) is 5.03 Å². The van der Waals surface area contributed by atoms with Gasteiger partial charge in [0.2, 0.25) is 10.0 Å². The Bertz CT molecular complexity index is 1070. The van der Waals surface area contributed by atoms with E-state index in [0.717, 1.165) is 0 Å². The Morgan fingerprint density at radius 1 is 1.18 bits per heavy atom. The summed E-state index contributed by atoms with van der Waals surface area (Å²) < 4.78 is 31.7. The summed E-state index contributed by atoms with van der Waals surface area (Å²) in [5.74, 6) is -1.34. The topological polar surface area (TPSA) is 132 Å². The van der Waals surface area contributed by atoms with Crippen molar-refractivity contribution in [3.05, 3.63) is 41.1 Å². The van der Waals surface area contributed by atoms with Gasteiger partial charge in [0, 0.05) is 52.2 Å². The van der Waals surface area contributed by atoms with Gasteiger partial charge in [-0.15, -0.1) is 0 Å². The zero-order valence-corrected chi connectivity index (χ0v) is 20.3. The van der Waals surface area contributed by atoms with Crippen LogP contribution in [0, 0.1) is 0 Å². The van der Waals surface area contributed by atoms with E-state index in [1.807, 2.05) is 30.0 Å². The number of para-hydroxylation sites is 1. The van der Waals surface area contributed by atoms with E-state index in [1.165, 1.54) is 14.8 Å². The lowest BCUT2D eigenvalue weighted by Crippen LogP contribution is -2.63. The highest BCUT2D eigenvalue weighted by molar-refractivity contribution is 7.91. The lowest BCUT2D eigenvalue weighted by atomic mass is 9.98. The van der Waals surface area contributed by atoms with Gasteiger partial charge >= 0.3 is 0 Å². The van der Waals surface area contributed by atoms with Crippen LogP contribution in [0.5, 0.6) is 0 Å². The molecule has 0 aliphatic carbocycles. The third-order valence-electron chi connectivity index (χ3n) is 6.59. The number of benzene rings is 1. The standard InChI is InChI=1S/C21H28ClN5O6S/c1-15-18(17(22)19(28)27(23-15)16-5-3-2-4-6-16)25-9-11-26(12-10-25)34(31,32)21(20(29)24-30)7-13-33-14-8-21/h2-6,15,23,30H,7-14H2,1H3,(H,24,29). The van der Waals surface area contributed by atoms with E-state index < -0.39 is 26.6 Å². The number of hydroxylamine groups is 1. The molecule has 3 aliphatic rings. The first-order chi connectivity index (χ1) is 16.2. The van der Waals surface area contributed by atoms with Gasteiger partial charge in [-0.05, 0) is 19.1 Å². The molecule has 2 amide bonds. The lowest BCUT2D eigenvalue weighted by Gasteiger charge is -2.44. The summed E-state index contributed by atoms with van der Waals surface area (Å²) >= 11 is 6.52. The minimum Gasteiger partial charge on any atom is -0.381 e. The number of nitrogens with one attached hydrogen (secondary N) is 2. The van der Waals surface area contributed by atoms with Crippen LogP contribution in [0.15, 0.2) is 41.1 Å². The van der Waals surface area contributed by atoms with Crippen LogP contribution in [0.3, 0.4) is 0 Å². The van der Waals surface area contributed by atoms with Crippen LogP contribution in [0.2, 0.25) is 0 Å². The van der Waals surface area contributed by atoms with Crippen molar-refractivity contribution in [2.45, 2.75) is 30.6 Å². The molecule has 186 valence electrons. The molecule has 3 heterocycles. The molecule has 13 heteroatoms. The van der Waals surface area contributed by atoms with Gasteiger partial charge < -0.3 is 9.64 Å². The van der Waals surface area contributed by atoms with Crippen molar-refractivity contribution in [3.8, 4) is 0 Å². The molecule has 4 rings (SSSR count). The van der Waals surface area contributed by atoms with E-state index in [1.54, 1.807) is 12.1 Å². The predicted molar refractivity (Wildman–Crippen MR) is 124 cm³/mol. The summed E-state index contributed by atoms with van der Waals surface area (Å²) in [5.41, 5.74) is 5.95. The van der Waals surface area contributed by atoms with E-state index in [9.17, 15) is 23.2 Å². The molecule has 0 spiro atoms. The van der Waals surface area contributed by atoms with E-state index >= 15 is 0 Å². The second kappa shape index (κ2) is 9.80. The Balaban J connectivity index is 1.51. The second-order valence-corrected chi connectivity index (χ2v) is 11.1. The number of rotatable bonds is 5. The SMILES string of the molecule is CC1NN(c2ccccc2)C(=O)C(Cl)=C1N1CCN(S(=O)(=O)C2(C(=O)NO)CCOCC2)CC1. The van der Waals surface area contributed by atoms with Crippen LogP contribution in [0.1, 0.15) is 19.8 Å². The fourth-order valence-corrected chi connectivity index (χ4v) is 7.18. The quantitative estimate of drug-likeness (QED) is 0.380. The van der Waals surface area contributed by atoms with Gasteiger partial charge in [-0.1, -0.05) is 29.8 Å². The summed E-state index contributed by atoms with van der Waals surface area (Å²) in [7, 11) is -4.08. The number of hydrogen-bond acceptors (Lipinski definition) is 8. The number of amides is 2. The summed E-state index contributed by atoms with van der Waals surface area (Å²) in [6.45, 7) is 2.91. The molecular weight excluding hydrogens is 486 g/mol. The summed E-state index contributed by atoms with van der Waals surface area (Å²) in [4.78, 5) is 27.3. The molecule has 3 N–H and O–H groups in total. The van der Waals surface area contributed by atoms with Crippen molar-refractivity contribution in [3.63, 3.8) is 0 Å². The minimum absolute atomic E-state index is 0.0380. The van der Waals surface area contributed by atoms with Crippen LogP contribution < -0.4 is 15.9 Å².